The maximum atomic E-state index is 13.0. The molecular weight excluding hydrogens is 312 g/mol. The Morgan fingerprint density at radius 2 is 2.20 bits per heavy atom. The molecule has 2 aliphatic rings. The van der Waals surface area contributed by atoms with Crippen LogP contribution in [-0.2, 0) is 0 Å². The van der Waals surface area contributed by atoms with Gasteiger partial charge in [0.1, 0.15) is 0 Å². The van der Waals surface area contributed by atoms with Crippen molar-refractivity contribution in [3.63, 3.8) is 0 Å². The molecule has 1 aromatic rings. The van der Waals surface area contributed by atoms with Gasteiger partial charge in [-0.15, -0.1) is 0 Å². The Kier molecular flexibility index (Phi) is 5.38. The van der Waals surface area contributed by atoms with E-state index in [9.17, 15) is 9.90 Å². The van der Waals surface area contributed by atoms with Crippen LogP contribution in [0.1, 0.15) is 56.8 Å². The predicted octanol–water partition coefficient (Wildman–Crippen LogP) is 4.14. The minimum Gasteiger partial charge on any atom is -0.392 e. The molecule has 0 amide bonds. The van der Waals surface area contributed by atoms with Gasteiger partial charge in [-0.3, -0.25) is 9.78 Å². The van der Waals surface area contributed by atoms with Crippen molar-refractivity contribution in [2.45, 2.75) is 52.5 Å². The van der Waals surface area contributed by atoms with E-state index in [-0.39, 0.29) is 12.4 Å². The van der Waals surface area contributed by atoms with Gasteiger partial charge in [0.15, 0.2) is 5.78 Å². The third kappa shape index (κ3) is 3.69. The van der Waals surface area contributed by atoms with Gasteiger partial charge in [0, 0.05) is 29.7 Å². The van der Waals surface area contributed by atoms with Crippen LogP contribution in [0.5, 0.6) is 0 Å². The molecule has 0 aliphatic heterocycles. The first kappa shape index (κ1) is 17.9. The smallest absolute Gasteiger partial charge is 0.192 e. The number of pyridine rings is 1. The number of ketones is 1. The van der Waals surface area contributed by atoms with Crippen LogP contribution in [0.25, 0.3) is 0 Å². The van der Waals surface area contributed by atoms with Gasteiger partial charge in [0.05, 0.1) is 12.2 Å². The first-order valence-electron chi connectivity index (χ1n) is 9.28. The second-order valence-electron chi connectivity index (χ2n) is 7.52. The molecule has 3 atom stereocenters. The number of nitrogens with one attached hydrogen (secondary N) is 1. The first-order valence-corrected chi connectivity index (χ1v) is 9.28. The number of carbonyl (C=O) groups excluding carboxylic acids is 1. The molecule has 25 heavy (non-hydrogen) atoms. The number of aliphatic hydroxyl groups excluding tert-OH is 1. The van der Waals surface area contributed by atoms with E-state index in [4.69, 9.17) is 0 Å². The molecule has 1 heterocycles. The number of anilines is 1. The number of nitrogens with zero attached hydrogens (tertiary/aromatic N) is 1. The minimum atomic E-state index is -0.0148. The fraction of sp³-hybridized carbons (Fsp3) is 0.524. The monoisotopic (exact) mass is 340 g/mol. The quantitative estimate of drug-likeness (QED) is 0.764. The van der Waals surface area contributed by atoms with Crippen LogP contribution < -0.4 is 5.32 Å². The SMILES string of the molecule is CC[C@H]1C[C@@H](Nc2ccncc2C(=O)C2=CC(CO)=C(C)C2)C[C@@H]1C. The summed E-state index contributed by atoms with van der Waals surface area (Å²) in [5.41, 5.74) is 4.18. The van der Waals surface area contributed by atoms with Gasteiger partial charge >= 0.3 is 0 Å². The van der Waals surface area contributed by atoms with Crippen molar-refractivity contribution in [3.05, 3.63) is 46.8 Å². The normalized spacial score (nSPS) is 26.1. The van der Waals surface area contributed by atoms with E-state index in [1.54, 1.807) is 12.4 Å². The Hall–Kier alpha value is -1.94. The Balaban J connectivity index is 1.77. The second kappa shape index (κ2) is 7.52. The predicted molar refractivity (Wildman–Crippen MR) is 101 cm³/mol. The molecule has 1 aromatic heterocycles. The van der Waals surface area contributed by atoms with Crippen LogP contribution in [0.3, 0.4) is 0 Å². The fourth-order valence-electron chi connectivity index (χ4n) is 4.23. The molecule has 0 unspecified atom stereocenters. The summed E-state index contributed by atoms with van der Waals surface area (Å²) in [6.07, 6.45) is 9.36. The topological polar surface area (TPSA) is 62.2 Å². The van der Waals surface area contributed by atoms with Gasteiger partial charge in [-0.05, 0) is 55.7 Å². The molecule has 2 N–H and O–H groups in total. The maximum Gasteiger partial charge on any atom is 0.192 e. The number of aromatic nitrogens is 1. The molecule has 4 nitrogen and oxygen atoms in total. The molecular formula is C21H28N2O2. The lowest BCUT2D eigenvalue weighted by Gasteiger charge is -2.17. The van der Waals surface area contributed by atoms with E-state index in [0.29, 0.717) is 18.0 Å². The molecule has 1 fully saturated rings. The molecule has 134 valence electrons. The highest BCUT2D eigenvalue weighted by atomic mass is 16.3. The fourth-order valence-corrected chi connectivity index (χ4v) is 4.23. The van der Waals surface area contributed by atoms with Crippen molar-refractivity contribution < 1.29 is 9.90 Å². The summed E-state index contributed by atoms with van der Waals surface area (Å²) in [7, 11) is 0. The summed E-state index contributed by atoms with van der Waals surface area (Å²) in [5.74, 6) is 1.49. The third-order valence-electron chi connectivity index (χ3n) is 5.81. The average Bonchev–Trinajstić information content (AvgIpc) is 3.16. The highest BCUT2D eigenvalue weighted by Gasteiger charge is 2.31. The average molecular weight is 340 g/mol. The molecule has 0 saturated heterocycles. The van der Waals surface area contributed by atoms with Crippen molar-refractivity contribution >= 4 is 11.5 Å². The molecule has 0 aromatic carbocycles. The van der Waals surface area contributed by atoms with Gasteiger partial charge < -0.3 is 10.4 Å². The van der Waals surface area contributed by atoms with E-state index < -0.39 is 0 Å². The number of hydrogen-bond acceptors (Lipinski definition) is 4. The lowest BCUT2D eigenvalue weighted by atomic mass is 9.96. The molecule has 1 saturated carbocycles. The molecule has 0 bridgehead atoms. The molecule has 0 spiro atoms. The Labute approximate surface area is 150 Å². The maximum absolute atomic E-state index is 13.0. The standard InChI is InChI=1S/C21H28N2O2/c1-4-15-10-18(8-14(15)3)23-20-5-6-22-11-19(20)21(25)16-7-13(2)17(9-16)12-24/h5-6,9,11,14-15,18,24H,4,7-8,10,12H2,1-3H3,(H,22,23)/t14-,15-,18-/m0/s1. The van der Waals surface area contributed by atoms with Crippen LogP contribution >= 0.6 is 0 Å². The zero-order valence-electron chi connectivity index (χ0n) is 15.4. The largest absolute Gasteiger partial charge is 0.392 e. The molecule has 2 aliphatic carbocycles. The zero-order chi connectivity index (χ0) is 18.0. The first-order chi connectivity index (χ1) is 12.0. The summed E-state index contributed by atoms with van der Waals surface area (Å²) in [5, 5.41) is 13.0. The van der Waals surface area contributed by atoms with E-state index >= 15 is 0 Å². The Morgan fingerprint density at radius 1 is 1.40 bits per heavy atom. The van der Waals surface area contributed by atoms with Crippen LogP contribution in [0.2, 0.25) is 0 Å². The molecule has 4 heteroatoms. The number of hydrogen-bond donors (Lipinski definition) is 2. The van der Waals surface area contributed by atoms with Gasteiger partial charge in [0.25, 0.3) is 0 Å². The van der Waals surface area contributed by atoms with Crippen LogP contribution in [-0.4, -0.2) is 28.5 Å². The van der Waals surface area contributed by atoms with Crippen molar-refractivity contribution in [2.24, 2.45) is 11.8 Å². The van der Waals surface area contributed by atoms with Crippen LogP contribution in [0.15, 0.2) is 41.3 Å². The third-order valence-corrected chi connectivity index (χ3v) is 5.81. The lowest BCUT2D eigenvalue weighted by molar-refractivity contribution is 0.103. The van der Waals surface area contributed by atoms with Crippen molar-refractivity contribution in [1.82, 2.24) is 4.98 Å². The van der Waals surface area contributed by atoms with Gasteiger partial charge in [-0.1, -0.05) is 25.8 Å². The lowest BCUT2D eigenvalue weighted by Crippen LogP contribution is -2.18. The molecule has 3 rings (SSSR count). The van der Waals surface area contributed by atoms with E-state index in [2.05, 4.69) is 24.1 Å². The Bertz CT molecular complexity index is 720. The van der Waals surface area contributed by atoms with Crippen LogP contribution in [0.4, 0.5) is 5.69 Å². The molecule has 0 radical (unpaired) electrons. The summed E-state index contributed by atoms with van der Waals surface area (Å²) in [6.45, 7) is 6.53. The summed E-state index contributed by atoms with van der Waals surface area (Å²) < 4.78 is 0. The number of Topliss-reactive ketones (excluding diaryl/α,β-unsaturated/α-hetero) is 1. The van der Waals surface area contributed by atoms with Gasteiger partial charge in [0.2, 0.25) is 0 Å². The number of rotatable bonds is 6. The highest BCUT2D eigenvalue weighted by molar-refractivity contribution is 6.12. The van der Waals surface area contributed by atoms with E-state index in [0.717, 1.165) is 47.1 Å². The Morgan fingerprint density at radius 3 is 2.84 bits per heavy atom. The van der Waals surface area contributed by atoms with E-state index in [1.165, 1.54) is 6.42 Å². The number of aliphatic hydroxyl groups is 1. The summed E-state index contributed by atoms with van der Waals surface area (Å²) >= 11 is 0. The van der Waals surface area contributed by atoms with Crippen molar-refractivity contribution in [3.8, 4) is 0 Å². The van der Waals surface area contributed by atoms with Gasteiger partial charge in [-0.25, -0.2) is 0 Å². The summed E-state index contributed by atoms with van der Waals surface area (Å²) in [6, 6.07) is 2.32. The minimum absolute atomic E-state index is 0.0106. The highest BCUT2D eigenvalue weighted by Crippen LogP contribution is 2.36. The zero-order valence-corrected chi connectivity index (χ0v) is 15.4. The van der Waals surface area contributed by atoms with Crippen molar-refractivity contribution in [1.29, 1.82) is 0 Å². The van der Waals surface area contributed by atoms with Crippen LogP contribution in [0, 0.1) is 11.8 Å². The van der Waals surface area contributed by atoms with Gasteiger partial charge in [-0.2, -0.15) is 0 Å². The second-order valence-corrected chi connectivity index (χ2v) is 7.52. The number of allylic oxidation sites excluding steroid dienone is 2. The van der Waals surface area contributed by atoms with E-state index in [1.807, 2.05) is 19.1 Å². The number of carbonyl (C=O) groups is 1. The summed E-state index contributed by atoms with van der Waals surface area (Å²) in [4.78, 5) is 17.1. The van der Waals surface area contributed by atoms with Crippen molar-refractivity contribution in [2.75, 3.05) is 11.9 Å².